The van der Waals surface area contributed by atoms with Gasteiger partial charge in [0.15, 0.2) is 8.32 Å². The van der Waals surface area contributed by atoms with E-state index in [0.717, 1.165) is 5.75 Å². The van der Waals surface area contributed by atoms with Crippen LogP contribution >= 0.6 is 11.3 Å². The van der Waals surface area contributed by atoms with E-state index in [1.807, 2.05) is 23.6 Å². The Hall–Kier alpha value is -0.506. The van der Waals surface area contributed by atoms with Gasteiger partial charge in [0.05, 0.1) is 7.11 Å². The number of rotatable bonds is 5. The largest absolute Gasteiger partial charge is 1.00 e. The molecule has 0 aliphatic heterocycles. The molecule has 1 atom stereocenters. The van der Waals surface area contributed by atoms with Crippen molar-refractivity contribution in [3.63, 3.8) is 0 Å². The van der Waals surface area contributed by atoms with Crippen molar-refractivity contribution in [1.29, 1.82) is 0 Å². The van der Waals surface area contributed by atoms with Crippen LogP contribution in [0.1, 0.15) is 16.5 Å². The fourth-order valence-electron chi connectivity index (χ4n) is 1.81. The third-order valence-electron chi connectivity index (χ3n) is 2.64. The SMILES string of the molecule is COc1ccc(C(O[Si](C)(C)C)c2c[c-]cs2)cc1.[Li+]. The first-order valence-electron chi connectivity index (χ1n) is 6.26. The van der Waals surface area contributed by atoms with Gasteiger partial charge in [0, 0.05) is 6.10 Å². The fourth-order valence-corrected chi connectivity index (χ4v) is 3.58. The first kappa shape index (κ1) is 17.5. The van der Waals surface area contributed by atoms with Crippen LogP contribution in [0.25, 0.3) is 0 Å². The van der Waals surface area contributed by atoms with Crippen molar-refractivity contribution in [2.45, 2.75) is 25.7 Å². The van der Waals surface area contributed by atoms with Gasteiger partial charge in [-0.1, -0.05) is 12.1 Å². The van der Waals surface area contributed by atoms with Crippen molar-refractivity contribution in [2.75, 3.05) is 7.11 Å². The summed E-state index contributed by atoms with van der Waals surface area (Å²) in [5, 5.41) is 1.97. The zero-order valence-electron chi connectivity index (χ0n) is 12.8. The number of ether oxygens (including phenoxy) is 1. The minimum atomic E-state index is -1.62. The molecule has 2 aromatic rings. The summed E-state index contributed by atoms with van der Waals surface area (Å²) in [6.45, 7) is 6.63. The van der Waals surface area contributed by atoms with Gasteiger partial charge in [-0.25, -0.2) is 12.1 Å². The molecule has 20 heavy (non-hydrogen) atoms. The van der Waals surface area contributed by atoms with Crippen molar-refractivity contribution in [3.05, 3.63) is 52.2 Å². The van der Waals surface area contributed by atoms with Crippen molar-refractivity contribution in [3.8, 4) is 5.75 Å². The van der Waals surface area contributed by atoms with Gasteiger partial charge in [0.1, 0.15) is 5.75 Å². The maximum atomic E-state index is 6.33. The van der Waals surface area contributed by atoms with E-state index in [2.05, 4.69) is 37.8 Å². The molecule has 2 rings (SSSR count). The second-order valence-corrected chi connectivity index (χ2v) is 10.7. The van der Waals surface area contributed by atoms with E-state index >= 15 is 0 Å². The van der Waals surface area contributed by atoms with E-state index in [1.54, 1.807) is 18.4 Å². The van der Waals surface area contributed by atoms with Gasteiger partial charge in [0.25, 0.3) is 0 Å². The summed E-state index contributed by atoms with van der Waals surface area (Å²) in [4.78, 5) is 1.20. The van der Waals surface area contributed by atoms with Crippen LogP contribution in [0.3, 0.4) is 0 Å². The summed E-state index contributed by atoms with van der Waals surface area (Å²) in [5.41, 5.74) is 1.17. The number of methoxy groups -OCH3 is 1. The van der Waals surface area contributed by atoms with Gasteiger partial charge < -0.3 is 9.16 Å². The van der Waals surface area contributed by atoms with E-state index in [9.17, 15) is 0 Å². The Balaban J connectivity index is 0.00000200. The molecule has 1 unspecified atom stereocenters. The summed E-state index contributed by atoms with van der Waals surface area (Å²) in [6, 6.07) is 13.2. The third-order valence-corrected chi connectivity index (χ3v) is 4.44. The fraction of sp³-hybridized carbons (Fsp3) is 0.333. The zero-order valence-corrected chi connectivity index (χ0v) is 14.6. The summed E-state index contributed by atoms with van der Waals surface area (Å²) >= 11 is 1.69. The number of hydrogen-bond acceptors (Lipinski definition) is 3. The Morgan fingerprint density at radius 1 is 1.15 bits per heavy atom. The smallest absolute Gasteiger partial charge is 0.497 e. The Bertz CT molecular complexity index is 506. The minimum absolute atomic E-state index is 0. The van der Waals surface area contributed by atoms with E-state index in [4.69, 9.17) is 9.16 Å². The van der Waals surface area contributed by atoms with Gasteiger partial charge in [-0.05, 0) is 37.3 Å². The maximum absolute atomic E-state index is 6.33. The van der Waals surface area contributed by atoms with E-state index in [0.29, 0.717) is 0 Å². The van der Waals surface area contributed by atoms with Gasteiger partial charge in [-0.3, -0.25) is 11.3 Å². The molecule has 0 spiro atoms. The van der Waals surface area contributed by atoms with Crippen LogP contribution in [0, 0.1) is 6.07 Å². The van der Waals surface area contributed by atoms with Gasteiger partial charge >= 0.3 is 18.9 Å². The summed E-state index contributed by atoms with van der Waals surface area (Å²) in [7, 11) is 0.0603. The zero-order chi connectivity index (χ0) is 13.9. The number of thiophene rings is 1. The molecule has 0 saturated heterocycles. The molecule has 0 aliphatic carbocycles. The average Bonchev–Trinajstić information content (AvgIpc) is 2.89. The van der Waals surface area contributed by atoms with Crippen LogP contribution < -0.4 is 23.6 Å². The Kier molecular flexibility index (Phi) is 6.57. The predicted molar refractivity (Wildman–Crippen MR) is 82.4 cm³/mol. The minimum Gasteiger partial charge on any atom is -0.497 e. The number of hydrogen-bond donors (Lipinski definition) is 0. The van der Waals surface area contributed by atoms with Crippen LogP contribution in [0.5, 0.6) is 5.75 Å². The maximum Gasteiger partial charge on any atom is 1.00 e. The quantitative estimate of drug-likeness (QED) is 0.615. The topological polar surface area (TPSA) is 18.5 Å². The molecule has 0 N–H and O–H groups in total. The van der Waals surface area contributed by atoms with Crippen molar-refractivity contribution in [2.24, 2.45) is 0 Å². The first-order chi connectivity index (χ1) is 8.99. The van der Waals surface area contributed by atoms with Crippen LogP contribution in [0.2, 0.25) is 19.6 Å². The first-order valence-corrected chi connectivity index (χ1v) is 10.5. The molecule has 1 aromatic heterocycles. The molecule has 0 amide bonds. The Morgan fingerprint density at radius 3 is 2.25 bits per heavy atom. The number of benzene rings is 1. The molecule has 0 fully saturated rings. The predicted octanol–water partition coefficient (Wildman–Crippen LogP) is 1.50. The molecule has 0 saturated carbocycles. The Labute approximate surface area is 138 Å². The molecule has 0 aliphatic rings. The van der Waals surface area contributed by atoms with Crippen LogP contribution in [0.4, 0.5) is 0 Å². The molecule has 5 heteroatoms. The van der Waals surface area contributed by atoms with E-state index < -0.39 is 8.32 Å². The van der Waals surface area contributed by atoms with Crippen LogP contribution in [0.15, 0.2) is 35.7 Å². The molecule has 102 valence electrons. The Morgan fingerprint density at radius 2 is 1.80 bits per heavy atom. The van der Waals surface area contributed by atoms with Crippen molar-refractivity contribution >= 4 is 19.7 Å². The van der Waals surface area contributed by atoms with Gasteiger partial charge in [-0.2, -0.15) is 0 Å². The van der Waals surface area contributed by atoms with Gasteiger partial charge in [-0.15, -0.1) is 10.3 Å². The van der Waals surface area contributed by atoms with E-state index in [1.165, 1.54) is 10.4 Å². The average molecular weight is 298 g/mol. The molecule has 1 heterocycles. The van der Waals surface area contributed by atoms with Crippen LogP contribution in [-0.2, 0) is 4.43 Å². The second kappa shape index (κ2) is 7.49. The molecule has 0 radical (unpaired) electrons. The normalized spacial score (nSPS) is 12.6. The van der Waals surface area contributed by atoms with Crippen molar-refractivity contribution in [1.82, 2.24) is 0 Å². The third kappa shape index (κ3) is 4.80. The summed E-state index contributed by atoms with van der Waals surface area (Å²) in [5.74, 6) is 0.869. The molecular formula is C15H19LiO2SSi. The van der Waals surface area contributed by atoms with E-state index in [-0.39, 0.29) is 25.0 Å². The molecular weight excluding hydrogens is 279 g/mol. The standard InChI is InChI=1S/C15H19O2SSi.Li/c1-16-13-9-7-12(8-10-13)15(17-19(2,3)4)14-6-5-11-18-14;/h6-11,15H,1-4H3;/q-1;+1. The second-order valence-electron chi connectivity index (χ2n) is 5.33. The summed E-state index contributed by atoms with van der Waals surface area (Å²) < 4.78 is 11.5. The van der Waals surface area contributed by atoms with Crippen LogP contribution in [-0.4, -0.2) is 15.4 Å². The molecule has 0 bridgehead atoms. The van der Waals surface area contributed by atoms with Gasteiger partial charge in [0.2, 0.25) is 0 Å². The van der Waals surface area contributed by atoms with Crippen molar-refractivity contribution < 1.29 is 28.0 Å². The summed E-state index contributed by atoms with van der Waals surface area (Å²) in [6.07, 6.45) is 0.00817. The molecule has 2 nitrogen and oxygen atoms in total. The molecule has 1 aromatic carbocycles. The monoisotopic (exact) mass is 298 g/mol.